The van der Waals surface area contributed by atoms with Gasteiger partial charge in [0.1, 0.15) is 5.60 Å². The summed E-state index contributed by atoms with van der Waals surface area (Å²) in [5, 5.41) is 0. The molecule has 0 bridgehead atoms. The molecule has 2 unspecified atom stereocenters. The number of methoxy groups -OCH3 is 1. The third kappa shape index (κ3) is 0.888. The van der Waals surface area contributed by atoms with E-state index in [0.29, 0.717) is 0 Å². The lowest BCUT2D eigenvalue weighted by Crippen LogP contribution is -2.39. The first-order valence-corrected chi connectivity index (χ1v) is 5.18. The SMILES string of the molecule is COC(=O)C1(C)OC12CCCC2(C)C. The Morgan fingerprint density at radius 3 is 2.36 bits per heavy atom. The van der Waals surface area contributed by atoms with E-state index in [-0.39, 0.29) is 17.0 Å². The Hall–Kier alpha value is -0.570. The lowest BCUT2D eigenvalue weighted by molar-refractivity contribution is -0.146. The molecule has 0 N–H and O–H groups in total. The molecule has 0 aromatic heterocycles. The van der Waals surface area contributed by atoms with Gasteiger partial charge in [-0.15, -0.1) is 0 Å². The molecule has 2 fully saturated rings. The summed E-state index contributed by atoms with van der Waals surface area (Å²) in [7, 11) is 1.42. The van der Waals surface area contributed by atoms with Gasteiger partial charge in [-0.05, 0) is 31.6 Å². The van der Waals surface area contributed by atoms with E-state index in [2.05, 4.69) is 13.8 Å². The highest BCUT2D eigenvalue weighted by Gasteiger charge is 2.78. The van der Waals surface area contributed by atoms with Crippen molar-refractivity contribution >= 4 is 5.97 Å². The Kier molecular flexibility index (Phi) is 1.79. The second kappa shape index (κ2) is 2.51. The van der Waals surface area contributed by atoms with Crippen LogP contribution in [0.25, 0.3) is 0 Å². The molecule has 0 aromatic rings. The first-order chi connectivity index (χ1) is 6.40. The normalized spacial score (nSPS) is 44.0. The smallest absolute Gasteiger partial charge is 0.340 e. The summed E-state index contributed by atoms with van der Waals surface area (Å²) in [6.07, 6.45) is 3.24. The minimum Gasteiger partial charge on any atom is -0.467 e. The maximum atomic E-state index is 11.6. The Balaban J connectivity index is 2.27. The number of rotatable bonds is 1. The third-order valence-corrected chi connectivity index (χ3v) is 4.11. The number of carbonyl (C=O) groups is 1. The van der Waals surface area contributed by atoms with Crippen LogP contribution < -0.4 is 0 Å². The predicted octanol–water partition coefficient (Wildman–Crippen LogP) is 1.90. The van der Waals surface area contributed by atoms with Gasteiger partial charge < -0.3 is 9.47 Å². The standard InChI is InChI=1S/C11H18O3/c1-9(2)6-5-7-11(9)10(3,14-11)8(12)13-4/h5-7H2,1-4H3. The van der Waals surface area contributed by atoms with Crippen LogP contribution in [0.2, 0.25) is 0 Å². The average molecular weight is 198 g/mol. The molecule has 1 saturated heterocycles. The first-order valence-electron chi connectivity index (χ1n) is 5.18. The van der Waals surface area contributed by atoms with Crippen LogP contribution in [0, 0.1) is 5.41 Å². The van der Waals surface area contributed by atoms with Crippen LogP contribution in [-0.2, 0) is 14.3 Å². The van der Waals surface area contributed by atoms with Crippen LogP contribution in [0.15, 0.2) is 0 Å². The first kappa shape index (κ1) is 9.97. The lowest BCUT2D eigenvalue weighted by Gasteiger charge is -2.25. The van der Waals surface area contributed by atoms with Crippen molar-refractivity contribution in [3.63, 3.8) is 0 Å². The molecule has 3 heteroatoms. The highest BCUT2D eigenvalue weighted by Crippen LogP contribution is 2.66. The Morgan fingerprint density at radius 1 is 1.29 bits per heavy atom. The zero-order valence-electron chi connectivity index (χ0n) is 9.35. The molecule has 2 rings (SSSR count). The number of epoxide rings is 1. The van der Waals surface area contributed by atoms with Gasteiger partial charge in [-0.25, -0.2) is 4.79 Å². The second-order valence-electron chi connectivity index (χ2n) is 5.19. The molecule has 1 saturated carbocycles. The Labute approximate surface area is 84.8 Å². The van der Waals surface area contributed by atoms with Gasteiger partial charge >= 0.3 is 5.97 Å². The fourth-order valence-corrected chi connectivity index (χ4v) is 3.12. The fourth-order valence-electron chi connectivity index (χ4n) is 3.12. The molecule has 0 aromatic carbocycles. The van der Waals surface area contributed by atoms with Crippen molar-refractivity contribution in [2.75, 3.05) is 7.11 Å². The number of carbonyl (C=O) groups excluding carboxylic acids is 1. The highest BCUT2D eigenvalue weighted by molar-refractivity contribution is 5.84. The maximum Gasteiger partial charge on any atom is 0.340 e. The highest BCUT2D eigenvalue weighted by atomic mass is 16.7. The number of hydrogen-bond acceptors (Lipinski definition) is 3. The molecule has 1 spiro atoms. The monoisotopic (exact) mass is 198 g/mol. The molecule has 0 radical (unpaired) electrons. The van der Waals surface area contributed by atoms with Gasteiger partial charge in [0.2, 0.25) is 0 Å². The van der Waals surface area contributed by atoms with Crippen LogP contribution in [0.1, 0.15) is 40.0 Å². The maximum absolute atomic E-state index is 11.6. The van der Waals surface area contributed by atoms with Crippen LogP contribution in [-0.4, -0.2) is 24.3 Å². The molecular formula is C11H18O3. The van der Waals surface area contributed by atoms with Crippen molar-refractivity contribution < 1.29 is 14.3 Å². The van der Waals surface area contributed by atoms with E-state index < -0.39 is 5.60 Å². The summed E-state index contributed by atoms with van der Waals surface area (Å²) < 4.78 is 10.5. The fraction of sp³-hybridized carbons (Fsp3) is 0.909. The average Bonchev–Trinajstić information content (AvgIpc) is 2.62. The van der Waals surface area contributed by atoms with Crippen LogP contribution >= 0.6 is 0 Å². The minimum atomic E-state index is -0.693. The van der Waals surface area contributed by atoms with Gasteiger partial charge in [0.15, 0.2) is 5.60 Å². The minimum absolute atomic E-state index is 0.0932. The van der Waals surface area contributed by atoms with Crippen molar-refractivity contribution in [3.8, 4) is 0 Å². The zero-order valence-corrected chi connectivity index (χ0v) is 9.35. The lowest BCUT2D eigenvalue weighted by atomic mass is 9.75. The number of esters is 1. The molecule has 0 amide bonds. The van der Waals surface area contributed by atoms with Crippen molar-refractivity contribution in [1.82, 2.24) is 0 Å². The van der Waals surface area contributed by atoms with Crippen molar-refractivity contribution in [1.29, 1.82) is 0 Å². The summed E-state index contributed by atoms with van der Waals surface area (Å²) in [5.41, 5.74) is -0.856. The van der Waals surface area contributed by atoms with E-state index in [1.165, 1.54) is 7.11 Å². The zero-order chi connectivity index (χ0) is 10.6. The van der Waals surface area contributed by atoms with Crippen LogP contribution in [0.5, 0.6) is 0 Å². The summed E-state index contributed by atoms with van der Waals surface area (Å²) >= 11 is 0. The van der Waals surface area contributed by atoms with Gasteiger partial charge in [-0.3, -0.25) is 0 Å². The molecule has 2 atom stereocenters. The van der Waals surface area contributed by atoms with Crippen LogP contribution in [0.3, 0.4) is 0 Å². The quantitative estimate of drug-likeness (QED) is 0.477. The van der Waals surface area contributed by atoms with E-state index in [9.17, 15) is 4.79 Å². The number of ether oxygens (including phenoxy) is 2. The molecule has 3 nitrogen and oxygen atoms in total. The van der Waals surface area contributed by atoms with Crippen molar-refractivity contribution in [3.05, 3.63) is 0 Å². The van der Waals surface area contributed by atoms with Gasteiger partial charge in [0.25, 0.3) is 0 Å². The van der Waals surface area contributed by atoms with Gasteiger partial charge in [-0.2, -0.15) is 0 Å². The van der Waals surface area contributed by atoms with E-state index >= 15 is 0 Å². The molecular weight excluding hydrogens is 180 g/mol. The van der Waals surface area contributed by atoms with Crippen molar-refractivity contribution in [2.24, 2.45) is 5.41 Å². The van der Waals surface area contributed by atoms with E-state index in [0.717, 1.165) is 19.3 Å². The second-order valence-corrected chi connectivity index (χ2v) is 5.19. The molecule has 1 aliphatic carbocycles. The van der Waals surface area contributed by atoms with E-state index in [1.807, 2.05) is 6.92 Å². The van der Waals surface area contributed by atoms with E-state index in [4.69, 9.17) is 9.47 Å². The molecule has 1 heterocycles. The van der Waals surface area contributed by atoms with E-state index in [1.54, 1.807) is 0 Å². The summed E-state index contributed by atoms with van der Waals surface area (Å²) in [6.45, 7) is 6.20. The predicted molar refractivity (Wildman–Crippen MR) is 51.9 cm³/mol. The topological polar surface area (TPSA) is 38.8 Å². The molecule has 14 heavy (non-hydrogen) atoms. The molecule has 1 aliphatic heterocycles. The van der Waals surface area contributed by atoms with Crippen molar-refractivity contribution in [2.45, 2.75) is 51.2 Å². The molecule has 80 valence electrons. The largest absolute Gasteiger partial charge is 0.467 e. The molecule has 2 aliphatic rings. The Bertz CT molecular complexity index is 284. The number of hydrogen-bond donors (Lipinski definition) is 0. The van der Waals surface area contributed by atoms with Crippen LogP contribution in [0.4, 0.5) is 0 Å². The van der Waals surface area contributed by atoms with Gasteiger partial charge in [-0.1, -0.05) is 13.8 Å². The summed E-state index contributed by atoms with van der Waals surface area (Å²) in [5.74, 6) is -0.229. The Morgan fingerprint density at radius 2 is 1.93 bits per heavy atom. The van der Waals surface area contributed by atoms with Gasteiger partial charge in [0, 0.05) is 0 Å². The summed E-state index contributed by atoms with van der Waals surface area (Å²) in [4.78, 5) is 11.6. The summed E-state index contributed by atoms with van der Waals surface area (Å²) in [6, 6.07) is 0. The third-order valence-electron chi connectivity index (χ3n) is 4.11. The van der Waals surface area contributed by atoms with Gasteiger partial charge in [0.05, 0.1) is 7.11 Å².